The van der Waals surface area contributed by atoms with Crippen molar-refractivity contribution in [1.29, 1.82) is 0 Å². The maximum absolute atomic E-state index is 12.3. The first-order valence-electron chi connectivity index (χ1n) is 11.2. The molecule has 0 N–H and O–H groups in total. The quantitative estimate of drug-likeness (QED) is 0.519. The Hall–Kier alpha value is -2.58. The highest BCUT2D eigenvalue weighted by molar-refractivity contribution is 7.15. The van der Waals surface area contributed by atoms with Gasteiger partial charge in [0.1, 0.15) is 5.01 Å². The summed E-state index contributed by atoms with van der Waals surface area (Å²) in [6.45, 7) is 3.42. The molecule has 170 valence electrons. The first-order chi connectivity index (χ1) is 15.5. The van der Waals surface area contributed by atoms with E-state index in [-0.39, 0.29) is 5.91 Å². The second-order valence-corrected chi connectivity index (χ2v) is 9.47. The zero-order chi connectivity index (χ0) is 22.7. The highest BCUT2D eigenvalue weighted by Gasteiger charge is 2.28. The zero-order valence-corrected chi connectivity index (χ0v) is 20.2. The number of hydrogen-bond acceptors (Lipinski definition) is 6. The number of carbonyl (C=O) groups is 1. The third kappa shape index (κ3) is 4.61. The van der Waals surface area contributed by atoms with E-state index in [1.54, 1.807) is 37.4 Å². The van der Waals surface area contributed by atoms with E-state index < -0.39 is 0 Å². The maximum atomic E-state index is 12.3. The Balaban J connectivity index is 1.78. The van der Waals surface area contributed by atoms with E-state index in [1.165, 1.54) is 5.56 Å². The first-order valence-corrected chi connectivity index (χ1v) is 12.1. The third-order valence-corrected chi connectivity index (χ3v) is 6.86. The van der Waals surface area contributed by atoms with Crippen LogP contribution in [0.25, 0.3) is 21.8 Å². The van der Waals surface area contributed by atoms with Gasteiger partial charge in [0.2, 0.25) is 5.91 Å². The van der Waals surface area contributed by atoms with Crippen molar-refractivity contribution in [2.75, 3.05) is 27.8 Å². The number of fused-ring (bicyclic) bond motifs is 3. The van der Waals surface area contributed by atoms with Crippen molar-refractivity contribution in [1.82, 2.24) is 24.6 Å². The molecule has 0 bridgehead atoms. The molecule has 0 aromatic carbocycles. The number of carbonyl (C=O) groups excluding carboxylic acids is 1. The summed E-state index contributed by atoms with van der Waals surface area (Å²) < 4.78 is 7.43. The average molecular weight is 454 g/mol. The van der Waals surface area contributed by atoms with Crippen molar-refractivity contribution in [2.45, 2.75) is 52.0 Å². The Morgan fingerprint density at radius 2 is 2.12 bits per heavy atom. The van der Waals surface area contributed by atoms with E-state index in [0.717, 1.165) is 70.3 Å². The smallest absolute Gasteiger partial charge is 0.228 e. The van der Waals surface area contributed by atoms with Gasteiger partial charge in [-0.25, -0.2) is 4.98 Å². The molecular weight excluding hydrogens is 422 g/mol. The number of nitrogens with zero attached hydrogens (tertiary/aromatic N) is 5. The van der Waals surface area contributed by atoms with Gasteiger partial charge in [-0.3, -0.25) is 14.5 Å². The molecule has 1 amide bonds. The van der Waals surface area contributed by atoms with E-state index in [1.807, 2.05) is 6.20 Å². The molecule has 0 atom stereocenters. The number of methoxy groups -OCH3 is 1. The maximum Gasteiger partial charge on any atom is 0.228 e. The largest absolute Gasteiger partial charge is 0.383 e. The van der Waals surface area contributed by atoms with Crippen molar-refractivity contribution in [2.24, 2.45) is 0 Å². The minimum atomic E-state index is 0.0703. The van der Waals surface area contributed by atoms with Gasteiger partial charge in [-0.15, -0.1) is 11.3 Å². The minimum Gasteiger partial charge on any atom is -0.383 e. The van der Waals surface area contributed by atoms with Gasteiger partial charge in [0.25, 0.3) is 0 Å². The Bertz CT molecular complexity index is 1080. The highest BCUT2D eigenvalue weighted by Crippen LogP contribution is 2.41. The lowest BCUT2D eigenvalue weighted by Crippen LogP contribution is -2.23. The summed E-state index contributed by atoms with van der Waals surface area (Å²) >= 11 is 1.63. The molecular formula is C24H31N5O2S. The van der Waals surface area contributed by atoms with E-state index in [0.29, 0.717) is 19.6 Å². The number of pyridine rings is 1. The monoisotopic (exact) mass is 453 g/mol. The molecule has 0 aliphatic heterocycles. The van der Waals surface area contributed by atoms with Crippen molar-refractivity contribution in [3.63, 3.8) is 0 Å². The second-order valence-electron chi connectivity index (χ2n) is 8.38. The molecule has 0 fully saturated rings. The molecule has 3 heterocycles. The number of likely N-dealkylation sites (N-methyl/N-ethyl adjacent to an activating group) is 1. The first kappa shape index (κ1) is 22.6. The van der Waals surface area contributed by atoms with Crippen molar-refractivity contribution < 1.29 is 9.53 Å². The summed E-state index contributed by atoms with van der Waals surface area (Å²) in [6.07, 6.45) is 7.22. The third-order valence-electron chi connectivity index (χ3n) is 5.76. The topological polar surface area (TPSA) is 73.1 Å². The van der Waals surface area contributed by atoms with Crippen LogP contribution in [0.3, 0.4) is 0 Å². The van der Waals surface area contributed by atoms with Gasteiger partial charge in [0, 0.05) is 44.2 Å². The number of aromatic nitrogens is 4. The molecule has 7 nitrogen and oxygen atoms in total. The molecule has 0 saturated carbocycles. The van der Waals surface area contributed by atoms with Crippen LogP contribution in [-0.4, -0.2) is 58.4 Å². The molecule has 0 unspecified atom stereocenters. The predicted molar refractivity (Wildman–Crippen MR) is 127 cm³/mol. The second kappa shape index (κ2) is 9.92. The number of hydrogen-bond donors (Lipinski definition) is 0. The van der Waals surface area contributed by atoms with Crippen molar-refractivity contribution in [3.8, 4) is 21.8 Å². The van der Waals surface area contributed by atoms with Gasteiger partial charge in [-0.2, -0.15) is 5.10 Å². The van der Waals surface area contributed by atoms with Crippen LogP contribution >= 0.6 is 11.3 Å². The van der Waals surface area contributed by atoms with E-state index >= 15 is 0 Å². The molecule has 3 aromatic heterocycles. The number of aryl methyl sites for hydroxylation is 2. The van der Waals surface area contributed by atoms with Crippen molar-refractivity contribution in [3.05, 3.63) is 40.3 Å². The van der Waals surface area contributed by atoms with E-state index in [2.05, 4.69) is 28.7 Å². The lowest BCUT2D eigenvalue weighted by Gasteiger charge is -2.08. The Kier molecular flexibility index (Phi) is 7.01. The fourth-order valence-electron chi connectivity index (χ4n) is 4.08. The minimum absolute atomic E-state index is 0.0703. The Morgan fingerprint density at radius 1 is 1.28 bits per heavy atom. The van der Waals surface area contributed by atoms with Crippen LogP contribution in [0.2, 0.25) is 0 Å². The van der Waals surface area contributed by atoms with Crippen molar-refractivity contribution >= 4 is 17.2 Å². The summed E-state index contributed by atoms with van der Waals surface area (Å²) in [5.41, 5.74) is 6.62. The lowest BCUT2D eigenvalue weighted by atomic mass is 10.0. The summed E-state index contributed by atoms with van der Waals surface area (Å²) in [4.78, 5) is 24.5. The standard InChI is InChI=1S/C24H31N5O2S/c1-5-7-17-11-10-16(15-25-17)22-18-8-6-9-19-24(23(18)29(27-22)12-13-31-4)32-20(26-19)14-21(30)28(2)3/h10-11,15H,5-9,12-14H2,1-4H3. The van der Waals surface area contributed by atoms with Crippen LogP contribution in [0.1, 0.15) is 41.7 Å². The van der Waals surface area contributed by atoms with Crippen LogP contribution in [-0.2, 0) is 41.8 Å². The molecule has 8 heteroatoms. The molecule has 0 saturated heterocycles. The van der Waals surface area contributed by atoms with Gasteiger partial charge >= 0.3 is 0 Å². The summed E-state index contributed by atoms with van der Waals surface area (Å²) in [5.74, 6) is 0.0703. The summed E-state index contributed by atoms with van der Waals surface area (Å²) in [7, 11) is 5.28. The molecule has 32 heavy (non-hydrogen) atoms. The lowest BCUT2D eigenvalue weighted by molar-refractivity contribution is -0.127. The van der Waals surface area contributed by atoms with Gasteiger partial charge < -0.3 is 9.64 Å². The normalized spacial score (nSPS) is 12.9. The van der Waals surface area contributed by atoms with Gasteiger partial charge in [-0.05, 0) is 37.8 Å². The Morgan fingerprint density at radius 3 is 2.81 bits per heavy atom. The van der Waals surface area contributed by atoms with Gasteiger partial charge in [-0.1, -0.05) is 13.3 Å². The number of rotatable bonds is 8. The SMILES string of the molecule is CCCc1ccc(-c2nn(CCOC)c3c2CCCc2nc(CC(=O)N(C)C)sc2-3)cn1. The molecule has 0 spiro atoms. The van der Waals surface area contributed by atoms with Crippen LogP contribution in [0.4, 0.5) is 0 Å². The molecule has 3 aromatic rings. The van der Waals surface area contributed by atoms with Crippen LogP contribution < -0.4 is 0 Å². The molecule has 0 radical (unpaired) electrons. The van der Waals surface area contributed by atoms with Crippen LogP contribution in [0, 0.1) is 0 Å². The van der Waals surface area contributed by atoms with Crippen LogP contribution in [0.5, 0.6) is 0 Å². The number of thiazole rings is 1. The fourth-order valence-corrected chi connectivity index (χ4v) is 5.26. The Labute approximate surface area is 193 Å². The fraction of sp³-hybridized carbons (Fsp3) is 0.500. The number of ether oxygens (including phenoxy) is 1. The van der Waals surface area contributed by atoms with Gasteiger partial charge in [0.05, 0.1) is 41.5 Å². The van der Waals surface area contributed by atoms with E-state index in [9.17, 15) is 4.79 Å². The predicted octanol–water partition coefficient (Wildman–Crippen LogP) is 3.79. The summed E-state index contributed by atoms with van der Waals surface area (Å²) in [5, 5.41) is 5.88. The van der Waals surface area contributed by atoms with Gasteiger partial charge in [0.15, 0.2) is 0 Å². The molecule has 4 rings (SSSR count). The van der Waals surface area contributed by atoms with E-state index in [4.69, 9.17) is 14.8 Å². The van der Waals surface area contributed by atoms with Crippen LogP contribution in [0.15, 0.2) is 18.3 Å². The number of amides is 1. The zero-order valence-electron chi connectivity index (χ0n) is 19.3. The highest BCUT2D eigenvalue weighted by atomic mass is 32.1. The molecule has 1 aliphatic carbocycles. The average Bonchev–Trinajstić information content (AvgIpc) is 3.29. The summed E-state index contributed by atoms with van der Waals surface area (Å²) in [6, 6.07) is 4.25. The molecule has 1 aliphatic rings.